The van der Waals surface area contributed by atoms with Gasteiger partial charge < -0.3 is 24.6 Å². The van der Waals surface area contributed by atoms with Crippen LogP contribution < -0.4 is 14.8 Å². The highest BCUT2D eigenvalue weighted by Crippen LogP contribution is 2.25. The molecule has 0 radical (unpaired) electrons. The van der Waals surface area contributed by atoms with Crippen molar-refractivity contribution in [2.24, 2.45) is 0 Å². The number of aliphatic hydroxyl groups is 1. The molecular formula is C19H33NO4. The van der Waals surface area contributed by atoms with E-state index in [0.717, 1.165) is 24.5 Å². The average Bonchev–Trinajstić information content (AvgIpc) is 2.61. The minimum Gasteiger partial charge on any atom is -0.493 e. The molecule has 1 aromatic rings. The number of ether oxygens (including phenoxy) is 3. The molecule has 0 aliphatic heterocycles. The second-order valence-corrected chi connectivity index (χ2v) is 5.85. The van der Waals surface area contributed by atoms with Gasteiger partial charge in [0.15, 0.2) is 11.5 Å². The van der Waals surface area contributed by atoms with E-state index in [4.69, 9.17) is 14.2 Å². The van der Waals surface area contributed by atoms with Crippen molar-refractivity contribution < 1.29 is 19.3 Å². The summed E-state index contributed by atoms with van der Waals surface area (Å²) in [5.41, 5.74) is 0. The molecule has 1 atom stereocenters. The number of unbranched alkanes of at least 4 members (excludes halogenated alkanes) is 4. The topological polar surface area (TPSA) is 60.0 Å². The lowest BCUT2D eigenvalue weighted by molar-refractivity contribution is 0.0351. The van der Waals surface area contributed by atoms with E-state index in [2.05, 4.69) is 12.2 Å². The van der Waals surface area contributed by atoms with Crippen LogP contribution >= 0.6 is 0 Å². The van der Waals surface area contributed by atoms with Crippen LogP contribution in [-0.2, 0) is 4.74 Å². The van der Waals surface area contributed by atoms with E-state index in [1.54, 1.807) is 7.11 Å². The zero-order valence-electron chi connectivity index (χ0n) is 15.1. The number of hydrogen-bond donors (Lipinski definition) is 2. The van der Waals surface area contributed by atoms with Crippen molar-refractivity contribution in [1.29, 1.82) is 0 Å². The minimum atomic E-state index is -0.480. The predicted molar refractivity (Wildman–Crippen MR) is 96.9 cm³/mol. The molecular weight excluding hydrogens is 306 g/mol. The largest absolute Gasteiger partial charge is 0.493 e. The van der Waals surface area contributed by atoms with Crippen LogP contribution in [0.2, 0.25) is 0 Å². The molecule has 0 heterocycles. The van der Waals surface area contributed by atoms with E-state index in [1.165, 1.54) is 25.7 Å². The fourth-order valence-electron chi connectivity index (χ4n) is 2.33. The third-order valence-electron chi connectivity index (χ3n) is 3.69. The van der Waals surface area contributed by atoms with E-state index in [-0.39, 0.29) is 0 Å². The molecule has 138 valence electrons. The third-order valence-corrected chi connectivity index (χ3v) is 3.69. The van der Waals surface area contributed by atoms with Gasteiger partial charge in [-0.05, 0) is 18.6 Å². The maximum atomic E-state index is 9.84. The summed E-state index contributed by atoms with van der Waals surface area (Å²) in [6.45, 7) is 5.01. The quantitative estimate of drug-likeness (QED) is 0.481. The van der Waals surface area contributed by atoms with Crippen LogP contribution in [0.15, 0.2) is 24.3 Å². The second-order valence-electron chi connectivity index (χ2n) is 5.85. The van der Waals surface area contributed by atoms with Crippen molar-refractivity contribution in [3.63, 3.8) is 0 Å². The number of para-hydroxylation sites is 2. The first-order chi connectivity index (χ1) is 11.8. The Bertz CT molecular complexity index is 414. The first kappa shape index (κ1) is 20.7. The maximum absolute atomic E-state index is 9.84. The molecule has 24 heavy (non-hydrogen) atoms. The van der Waals surface area contributed by atoms with Crippen LogP contribution in [0, 0.1) is 0 Å². The monoisotopic (exact) mass is 339 g/mol. The van der Waals surface area contributed by atoms with Gasteiger partial charge in [0, 0.05) is 19.7 Å². The summed E-state index contributed by atoms with van der Waals surface area (Å²) in [7, 11) is 1.63. The normalized spacial score (nSPS) is 12.1. The molecule has 0 aromatic heterocycles. The van der Waals surface area contributed by atoms with Gasteiger partial charge in [0.2, 0.25) is 0 Å². The van der Waals surface area contributed by atoms with Gasteiger partial charge >= 0.3 is 0 Å². The van der Waals surface area contributed by atoms with Crippen molar-refractivity contribution in [1.82, 2.24) is 5.32 Å². The number of benzene rings is 1. The van der Waals surface area contributed by atoms with Gasteiger partial charge in [0.05, 0.1) is 19.8 Å². The first-order valence-corrected chi connectivity index (χ1v) is 9.00. The van der Waals surface area contributed by atoms with Gasteiger partial charge in [0.25, 0.3) is 0 Å². The summed E-state index contributed by atoms with van der Waals surface area (Å²) < 4.78 is 16.4. The van der Waals surface area contributed by atoms with Gasteiger partial charge in [-0.25, -0.2) is 0 Å². The molecule has 2 N–H and O–H groups in total. The molecule has 1 rings (SSSR count). The Morgan fingerprint density at radius 1 is 1.04 bits per heavy atom. The molecule has 1 aromatic carbocycles. The Morgan fingerprint density at radius 3 is 2.54 bits per heavy atom. The van der Waals surface area contributed by atoms with E-state index in [0.29, 0.717) is 26.3 Å². The molecule has 0 aliphatic carbocycles. The Labute approximate surface area is 146 Å². The lowest BCUT2D eigenvalue weighted by Gasteiger charge is -2.13. The van der Waals surface area contributed by atoms with Crippen LogP contribution in [0.4, 0.5) is 0 Å². The highest BCUT2D eigenvalue weighted by molar-refractivity contribution is 5.39. The smallest absolute Gasteiger partial charge is 0.161 e. The van der Waals surface area contributed by atoms with Crippen LogP contribution in [0.1, 0.15) is 39.0 Å². The lowest BCUT2D eigenvalue weighted by atomic mass is 10.2. The molecule has 0 saturated carbocycles. The number of nitrogens with one attached hydrogen (secondary N) is 1. The highest BCUT2D eigenvalue weighted by atomic mass is 16.5. The highest BCUT2D eigenvalue weighted by Gasteiger charge is 2.05. The van der Waals surface area contributed by atoms with Gasteiger partial charge in [-0.2, -0.15) is 0 Å². The Morgan fingerprint density at radius 2 is 1.79 bits per heavy atom. The Balaban J connectivity index is 1.96. The SMILES string of the molecule is CCCCCCCOC[C@H](O)CNCCOc1ccccc1OC. The van der Waals surface area contributed by atoms with Crippen molar-refractivity contribution in [2.75, 3.05) is 40.0 Å². The zero-order chi connectivity index (χ0) is 17.5. The predicted octanol–water partition coefficient (Wildman–Crippen LogP) is 3.01. The Kier molecular flexibility index (Phi) is 12.2. The molecule has 0 amide bonds. The minimum absolute atomic E-state index is 0.383. The second kappa shape index (κ2) is 14.1. The van der Waals surface area contributed by atoms with E-state index in [1.807, 2.05) is 24.3 Å². The van der Waals surface area contributed by atoms with Crippen LogP contribution in [0.25, 0.3) is 0 Å². The molecule has 0 spiro atoms. The van der Waals surface area contributed by atoms with Crippen molar-refractivity contribution in [3.8, 4) is 11.5 Å². The van der Waals surface area contributed by atoms with Crippen LogP contribution in [0.3, 0.4) is 0 Å². The fraction of sp³-hybridized carbons (Fsp3) is 0.684. The first-order valence-electron chi connectivity index (χ1n) is 9.00. The van der Waals surface area contributed by atoms with Crippen molar-refractivity contribution in [2.45, 2.75) is 45.1 Å². The fourth-order valence-corrected chi connectivity index (χ4v) is 2.33. The van der Waals surface area contributed by atoms with E-state index in [9.17, 15) is 5.11 Å². The average molecular weight is 339 g/mol. The summed E-state index contributed by atoms with van der Waals surface area (Å²) >= 11 is 0. The number of aliphatic hydroxyl groups excluding tert-OH is 1. The van der Waals surface area contributed by atoms with Gasteiger partial charge in [-0.1, -0.05) is 44.7 Å². The summed E-state index contributed by atoms with van der Waals surface area (Å²) in [4.78, 5) is 0. The van der Waals surface area contributed by atoms with Crippen LogP contribution in [0.5, 0.6) is 11.5 Å². The molecule has 0 aliphatic rings. The van der Waals surface area contributed by atoms with Gasteiger partial charge in [0.1, 0.15) is 6.61 Å². The standard InChI is InChI=1S/C19H33NO4/c1-3-4-5-6-9-13-23-16-17(21)15-20-12-14-24-19-11-8-7-10-18(19)22-2/h7-8,10-11,17,20-21H,3-6,9,12-16H2,1-2H3/t17-/m1/s1. The summed E-state index contributed by atoms with van der Waals surface area (Å²) in [6, 6.07) is 7.56. The lowest BCUT2D eigenvalue weighted by Crippen LogP contribution is -2.33. The Hall–Kier alpha value is -1.30. The molecule has 0 unspecified atom stereocenters. The summed E-state index contributed by atoms with van der Waals surface area (Å²) in [5.74, 6) is 1.46. The van der Waals surface area contributed by atoms with Crippen molar-refractivity contribution >= 4 is 0 Å². The van der Waals surface area contributed by atoms with E-state index < -0.39 is 6.10 Å². The molecule has 5 nitrogen and oxygen atoms in total. The summed E-state index contributed by atoms with van der Waals surface area (Å²) in [5, 5.41) is 13.0. The zero-order valence-corrected chi connectivity index (χ0v) is 15.1. The number of hydrogen-bond acceptors (Lipinski definition) is 5. The van der Waals surface area contributed by atoms with Gasteiger partial charge in [-0.3, -0.25) is 0 Å². The molecule has 5 heteroatoms. The molecule has 0 bridgehead atoms. The maximum Gasteiger partial charge on any atom is 0.161 e. The number of methoxy groups -OCH3 is 1. The third kappa shape index (κ3) is 9.75. The molecule has 0 saturated heterocycles. The van der Waals surface area contributed by atoms with Crippen LogP contribution in [-0.4, -0.2) is 51.2 Å². The van der Waals surface area contributed by atoms with Crippen molar-refractivity contribution in [3.05, 3.63) is 24.3 Å². The van der Waals surface area contributed by atoms with Gasteiger partial charge in [-0.15, -0.1) is 0 Å². The summed E-state index contributed by atoms with van der Waals surface area (Å²) in [6.07, 6.45) is 5.63. The number of rotatable bonds is 15. The molecule has 0 fully saturated rings. The van der Waals surface area contributed by atoms with E-state index >= 15 is 0 Å².